The molecule has 0 N–H and O–H groups in total. The van der Waals surface area contributed by atoms with Crippen molar-refractivity contribution in [1.82, 2.24) is 19.5 Å². The van der Waals surface area contributed by atoms with Crippen molar-refractivity contribution in [2.24, 2.45) is 0 Å². The Morgan fingerprint density at radius 3 is 1.65 bits per heavy atom. The smallest absolute Gasteiger partial charge is 0.164 e. The van der Waals surface area contributed by atoms with Gasteiger partial charge in [0.25, 0.3) is 0 Å². The van der Waals surface area contributed by atoms with Crippen molar-refractivity contribution in [2.45, 2.75) is 0 Å². The molecule has 2 aromatic heterocycles. The van der Waals surface area contributed by atoms with Crippen molar-refractivity contribution >= 4 is 21.8 Å². The van der Waals surface area contributed by atoms with Gasteiger partial charge >= 0.3 is 0 Å². The van der Waals surface area contributed by atoms with Crippen LogP contribution in [0, 0.1) is 0 Å². The van der Waals surface area contributed by atoms with Gasteiger partial charge in [0, 0.05) is 33.2 Å². The number of hydrogen-bond donors (Lipinski definition) is 0. The first-order chi connectivity index (χ1) is 29.3. The third-order valence-corrected chi connectivity index (χ3v) is 8.22. The van der Waals surface area contributed by atoms with Crippen molar-refractivity contribution in [3.63, 3.8) is 0 Å². The van der Waals surface area contributed by atoms with Crippen LogP contribution in [-0.2, 0) is 0 Å². The minimum absolute atomic E-state index is 0.0731. The molecule has 7 aromatic carbocycles. The average Bonchev–Trinajstić information content (AvgIpc) is 3.65. The molecule has 0 spiro atoms. The van der Waals surface area contributed by atoms with E-state index < -0.39 is 78.2 Å². The molecular weight excluding hydrogens is 597 g/mol. The minimum atomic E-state index is -0.708. The van der Waals surface area contributed by atoms with Crippen LogP contribution in [0.1, 0.15) is 16.4 Å². The molecule has 0 saturated carbocycles. The maximum atomic E-state index is 9.77. The van der Waals surface area contributed by atoms with Gasteiger partial charge in [-0.05, 0) is 52.5 Å². The summed E-state index contributed by atoms with van der Waals surface area (Å²) in [5.41, 5.74) is 2.94. The molecule has 0 saturated heterocycles. The lowest BCUT2D eigenvalue weighted by molar-refractivity contribution is 1.07. The zero-order chi connectivity index (χ0) is 43.0. The normalized spacial score (nSPS) is 14.7. The van der Waals surface area contributed by atoms with Gasteiger partial charge in [0.1, 0.15) is 0 Å². The van der Waals surface area contributed by atoms with Crippen LogP contribution in [0.15, 0.2) is 182 Å². The standard InChI is InChI=1S/C45H30N4/c1-4-14-31(15-5-1)32-24-26-34(27-25-32)44-46-43(33-16-6-2-7-17-33)47-45(48-44)39-22-11-10-20-37(39)35-28-29-42-40(30-35)38-21-12-13-23-41(38)49(42)36-18-8-3-9-19-36/h1-30H/i3D,8D,9D,12D,13D,18D,19D,21D,23D,28D,29D,30D. The predicted molar refractivity (Wildman–Crippen MR) is 201 cm³/mol. The Bertz CT molecular complexity index is 3240. The Morgan fingerprint density at radius 1 is 0.388 bits per heavy atom. The molecule has 0 bridgehead atoms. The number of rotatable bonds is 6. The van der Waals surface area contributed by atoms with Crippen molar-refractivity contribution < 1.29 is 16.4 Å². The lowest BCUT2D eigenvalue weighted by atomic mass is 9.97. The first kappa shape index (κ1) is 18.6. The fourth-order valence-corrected chi connectivity index (χ4v) is 5.91. The Morgan fingerprint density at radius 2 is 0.918 bits per heavy atom. The van der Waals surface area contributed by atoms with E-state index in [2.05, 4.69) is 0 Å². The molecule has 0 radical (unpaired) electrons. The Kier molecular flexibility index (Phi) is 4.63. The first-order valence-electron chi connectivity index (χ1n) is 21.5. The molecule has 0 aliphatic rings. The van der Waals surface area contributed by atoms with Crippen LogP contribution in [0.25, 0.3) is 83.9 Å². The number of para-hydroxylation sites is 2. The third-order valence-electron chi connectivity index (χ3n) is 8.22. The van der Waals surface area contributed by atoms with Gasteiger partial charge < -0.3 is 4.57 Å². The zero-order valence-corrected chi connectivity index (χ0v) is 25.7. The maximum Gasteiger partial charge on any atom is 0.164 e. The highest BCUT2D eigenvalue weighted by Gasteiger charge is 2.18. The predicted octanol–water partition coefficient (Wildman–Crippen LogP) is 11.3. The fourth-order valence-electron chi connectivity index (χ4n) is 5.91. The molecule has 49 heavy (non-hydrogen) atoms. The number of aromatic nitrogens is 4. The maximum absolute atomic E-state index is 9.77. The van der Waals surface area contributed by atoms with Gasteiger partial charge in [-0.2, -0.15) is 0 Å². The summed E-state index contributed by atoms with van der Waals surface area (Å²) in [7, 11) is 0. The molecule has 0 unspecified atom stereocenters. The molecule has 0 fully saturated rings. The van der Waals surface area contributed by atoms with Gasteiger partial charge in [0.15, 0.2) is 17.5 Å². The van der Waals surface area contributed by atoms with Crippen LogP contribution >= 0.6 is 0 Å². The number of nitrogens with zero attached hydrogens (tertiary/aromatic N) is 4. The van der Waals surface area contributed by atoms with E-state index in [1.165, 1.54) is 0 Å². The largest absolute Gasteiger partial charge is 0.309 e. The van der Waals surface area contributed by atoms with Gasteiger partial charge in [0.2, 0.25) is 0 Å². The van der Waals surface area contributed by atoms with E-state index in [1.54, 1.807) is 24.3 Å². The molecule has 0 aliphatic heterocycles. The highest BCUT2D eigenvalue weighted by molar-refractivity contribution is 6.10. The molecular formula is C45H30N4. The van der Waals surface area contributed by atoms with Crippen LogP contribution in [-0.4, -0.2) is 19.5 Å². The second-order valence-corrected chi connectivity index (χ2v) is 11.2. The SMILES string of the molecule is [2H]c1c([2H])c([2H])c(-n2c3c([2H])c([2H])c([2H])c([2H])c3c3c([2H])c(-c4ccccc4-c4nc(-c5ccccc5)nc(-c5ccc(-c6ccccc6)cc5)n4)c([2H])c([2H])c32)c([2H])c1[2H]. The molecule has 230 valence electrons. The summed E-state index contributed by atoms with van der Waals surface area (Å²) in [4.78, 5) is 14.7. The first-order valence-corrected chi connectivity index (χ1v) is 15.5. The lowest BCUT2D eigenvalue weighted by Gasteiger charge is -2.13. The van der Waals surface area contributed by atoms with E-state index in [0.717, 1.165) is 15.7 Å². The summed E-state index contributed by atoms with van der Waals surface area (Å²) < 4.78 is 107. The van der Waals surface area contributed by atoms with Crippen molar-refractivity contribution in [1.29, 1.82) is 0 Å². The summed E-state index contributed by atoms with van der Waals surface area (Å²) in [6, 6.07) is 26.4. The molecule has 0 amide bonds. The number of hydrogen-bond acceptors (Lipinski definition) is 3. The monoisotopic (exact) mass is 638 g/mol. The highest BCUT2D eigenvalue weighted by atomic mass is 15.0. The molecule has 4 heteroatoms. The van der Waals surface area contributed by atoms with Gasteiger partial charge in [-0.3, -0.25) is 0 Å². The van der Waals surface area contributed by atoms with E-state index in [0.29, 0.717) is 28.3 Å². The topological polar surface area (TPSA) is 43.6 Å². The number of benzene rings is 7. The summed E-state index contributed by atoms with van der Waals surface area (Å²) in [6.45, 7) is 0. The molecule has 0 atom stereocenters. The van der Waals surface area contributed by atoms with E-state index in [9.17, 15) is 4.11 Å². The summed E-state index contributed by atoms with van der Waals surface area (Å²) in [6.07, 6.45) is 0. The Balaban J connectivity index is 1.33. The Hall–Kier alpha value is -6.65. The summed E-state index contributed by atoms with van der Waals surface area (Å²) in [5, 5.41) is -0.378. The lowest BCUT2D eigenvalue weighted by Crippen LogP contribution is -2.01. The van der Waals surface area contributed by atoms with E-state index >= 15 is 0 Å². The van der Waals surface area contributed by atoms with Crippen LogP contribution in [0.4, 0.5) is 0 Å². The quantitative estimate of drug-likeness (QED) is 0.182. The number of fused-ring (bicyclic) bond motifs is 3. The molecule has 2 heterocycles. The van der Waals surface area contributed by atoms with Gasteiger partial charge in [-0.1, -0.05) is 151 Å². The van der Waals surface area contributed by atoms with Crippen LogP contribution in [0.5, 0.6) is 0 Å². The molecule has 4 nitrogen and oxygen atoms in total. The van der Waals surface area contributed by atoms with Crippen molar-refractivity contribution in [3.8, 4) is 62.1 Å². The highest BCUT2D eigenvalue weighted by Crippen LogP contribution is 2.38. The molecule has 0 aliphatic carbocycles. The second-order valence-electron chi connectivity index (χ2n) is 11.2. The third kappa shape index (κ3) is 5.26. The molecule has 9 aromatic rings. The Labute approximate surface area is 301 Å². The minimum Gasteiger partial charge on any atom is -0.309 e. The second kappa shape index (κ2) is 12.2. The van der Waals surface area contributed by atoms with Gasteiger partial charge in [-0.15, -0.1) is 0 Å². The van der Waals surface area contributed by atoms with Crippen LogP contribution in [0.3, 0.4) is 0 Å². The fraction of sp³-hybridized carbons (Fsp3) is 0. The zero-order valence-electron chi connectivity index (χ0n) is 37.7. The average molecular weight is 639 g/mol. The van der Waals surface area contributed by atoms with E-state index in [-0.39, 0.29) is 38.8 Å². The van der Waals surface area contributed by atoms with Crippen molar-refractivity contribution in [2.75, 3.05) is 0 Å². The van der Waals surface area contributed by atoms with Crippen LogP contribution in [0.2, 0.25) is 0 Å². The van der Waals surface area contributed by atoms with E-state index in [1.807, 2.05) is 84.9 Å². The van der Waals surface area contributed by atoms with E-state index in [4.69, 9.17) is 27.3 Å². The summed E-state index contributed by atoms with van der Waals surface area (Å²) in [5.74, 6) is 0.902. The van der Waals surface area contributed by atoms with Gasteiger partial charge in [-0.25, -0.2) is 15.0 Å². The molecule has 9 rings (SSSR count). The van der Waals surface area contributed by atoms with Crippen LogP contribution < -0.4 is 0 Å². The van der Waals surface area contributed by atoms with Crippen molar-refractivity contribution in [3.05, 3.63) is 182 Å². The summed E-state index contributed by atoms with van der Waals surface area (Å²) >= 11 is 0. The van der Waals surface area contributed by atoms with Gasteiger partial charge in [0.05, 0.1) is 27.5 Å².